The summed E-state index contributed by atoms with van der Waals surface area (Å²) in [5.74, 6) is 1.41. The predicted molar refractivity (Wildman–Crippen MR) is 78.7 cm³/mol. The zero-order valence-corrected chi connectivity index (χ0v) is 12.7. The highest BCUT2D eigenvalue weighted by Gasteiger charge is 2.42. The van der Waals surface area contributed by atoms with Crippen LogP contribution in [0.2, 0.25) is 0 Å². The maximum atomic E-state index is 10.3. The lowest BCUT2D eigenvalue weighted by Crippen LogP contribution is -2.34. The number of aryl methyl sites for hydroxylation is 1. The van der Waals surface area contributed by atoms with Gasteiger partial charge in [0.1, 0.15) is 11.9 Å². The Labute approximate surface area is 116 Å². The highest BCUT2D eigenvalue weighted by molar-refractivity contribution is 5.36. The summed E-state index contributed by atoms with van der Waals surface area (Å²) in [4.78, 5) is 0. The fraction of sp³-hybridized carbons (Fsp3) is 0.647. The molecule has 2 atom stereocenters. The summed E-state index contributed by atoms with van der Waals surface area (Å²) in [6, 6.07) is 6.26. The minimum atomic E-state index is -0.377. The van der Waals surface area contributed by atoms with E-state index in [-0.39, 0.29) is 17.6 Å². The SMILES string of the molecule is Cc1cc(OC2CCC(C)(C)C2O)ccc1C(C)C. The van der Waals surface area contributed by atoms with Crippen molar-refractivity contribution in [2.45, 2.75) is 65.6 Å². The quantitative estimate of drug-likeness (QED) is 0.890. The molecule has 19 heavy (non-hydrogen) atoms. The van der Waals surface area contributed by atoms with Crippen molar-refractivity contribution in [1.82, 2.24) is 0 Å². The number of ether oxygens (including phenoxy) is 1. The Morgan fingerprint density at radius 1 is 1.32 bits per heavy atom. The molecule has 1 saturated carbocycles. The second-order valence-electron chi connectivity index (χ2n) is 6.80. The fourth-order valence-corrected chi connectivity index (χ4v) is 2.99. The van der Waals surface area contributed by atoms with Crippen LogP contribution >= 0.6 is 0 Å². The molecule has 1 aliphatic rings. The van der Waals surface area contributed by atoms with E-state index in [2.05, 4.69) is 46.8 Å². The Morgan fingerprint density at radius 2 is 2.00 bits per heavy atom. The zero-order chi connectivity index (χ0) is 14.2. The first-order valence-electron chi connectivity index (χ1n) is 7.26. The Hall–Kier alpha value is -1.02. The molecule has 2 rings (SSSR count). The van der Waals surface area contributed by atoms with Gasteiger partial charge >= 0.3 is 0 Å². The molecule has 0 bridgehead atoms. The van der Waals surface area contributed by atoms with Crippen LogP contribution in [0.5, 0.6) is 5.75 Å². The summed E-state index contributed by atoms with van der Waals surface area (Å²) in [6.07, 6.45) is 1.50. The lowest BCUT2D eigenvalue weighted by molar-refractivity contribution is 0.00490. The van der Waals surface area contributed by atoms with Crippen LogP contribution in [0.15, 0.2) is 18.2 Å². The summed E-state index contributed by atoms with van der Waals surface area (Å²) < 4.78 is 5.99. The van der Waals surface area contributed by atoms with Gasteiger partial charge in [-0.1, -0.05) is 33.8 Å². The molecule has 0 spiro atoms. The van der Waals surface area contributed by atoms with Gasteiger partial charge in [-0.2, -0.15) is 0 Å². The predicted octanol–water partition coefficient (Wildman–Crippen LogP) is 4.05. The first-order chi connectivity index (χ1) is 8.81. The highest BCUT2D eigenvalue weighted by atomic mass is 16.5. The van der Waals surface area contributed by atoms with Crippen LogP contribution in [-0.2, 0) is 0 Å². The third-order valence-corrected chi connectivity index (χ3v) is 4.38. The molecule has 2 heteroatoms. The molecule has 0 saturated heterocycles. The van der Waals surface area contributed by atoms with Crippen LogP contribution in [0, 0.1) is 12.3 Å². The molecule has 0 aliphatic heterocycles. The normalized spacial score (nSPS) is 25.8. The molecule has 1 aliphatic carbocycles. The number of rotatable bonds is 3. The topological polar surface area (TPSA) is 29.5 Å². The molecule has 2 unspecified atom stereocenters. The van der Waals surface area contributed by atoms with Crippen LogP contribution in [0.1, 0.15) is 57.6 Å². The van der Waals surface area contributed by atoms with E-state index in [1.807, 2.05) is 6.07 Å². The Morgan fingerprint density at radius 3 is 2.47 bits per heavy atom. The first kappa shape index (κ1) is 14.4. The van der Waals surface area contributed by atoms with Crippen molar-refractivity contribution in [3.63, 3.8) is 0 Å². The largest absolute Gasteiger partial charge is 0.488 e. The maximum Gasteiger partial charge on any atom is 0.125 e. The van der Waals surface area contributed by atoms with Gasteiger partial charge in [0.15, 0.2) is 0 Å². The molecular weight excluding hydrogens is 236 g/mol. The second kappa shape index (κ2) is 5.16. The second-order valence-corrected chi connectivity index (χ2v) is 6.80. The van der Waals surface area contributed by atoms with Crippen molar-refractivity contribution in [1.29, 1.82) is 0 Å². The van der Waals surface area contributed by atoms with Crippen LogP contribution in [0.25, 0.3) is 0 Å². The molecule has 1 aromatic rings. The van der Waals surface area contributed by atoms with Crippen LogP contribution in [0.4, 0.5) is 0 Å². The third kappa shape index (κ3) is 2.94. The molecule has 1 fully saturated rings. The molecule has 106 valence electrons. The first-order valence-corrected chi connectivity index (χ1v) is 7.26. The van der Waals surface area contributed by atoms with Crippen molar-refractivity contribution in [3.05, 3.63) is 29.3 Å². The Kier molecular flexibility index (Phi) is 3.91. The van der Waals surface area contributed by atoms with E-state index in [0.29, 0.717) is 5.92 Å². The number of hydrogen-bond acceptors (Lipinski definition) is 2. The Bertz CT molecular complexity index is 449. The molecular formula is C17H26O2. The summed E-state index contributed by atoms with van der Waals surface area (Å²) in [5, 5.41) is 10.3. The molecule has 2 nitrogen and oxygen atoms in total. The molecule has 1 N–H and O–H groups in total. The van der Waals surface area contributed by atoms with Crippen LogP contribution in [0.3, 0.4) is 0 Å². The van der Waals surface area contributed by atoms with Gasteiger partial charge in [-0.15, -0.1) is 0 Å². The van der Waals surface area contributed by atoms with E-state index in [1.54, 1.807) is 0 Å². The van der Waals surface area contributed by atoms with Gasteiger partial charge in [0.2, 0.25) is 0 Å². The molecule has 0 amide bonds. The van der Waals surface area contributed by atoms with E-state index in [9.17, 15) is 5.11 Å². The average Bonchev–Trinajstić information content (AvgIpc) is 2.56. The van der Waals surface area contributed by atoms with Crippen molar-refractivity contribution < 1.29 is 9.84 Å². The van der Waals surface area contributed by atoms with E-state index < -0.39 is 0 Å². The third-order valence-electron chi connectivity index (χ3n) is 4.38. The minimum absolute atomic E-state index is 0.0302. The molecule has 1 aromatic carbocycles. The lowest BCUT2D eigenvalue weighted by Gasteiger charge is -2.26. The van der Waals surface area contributed by atoms with E-state index in [0.717, 1.165) is 18.6 Å². The van der Waals surface area contributed by atoms with Gasteiger partial charge in [0, 0.05) is 0 Å². The summed E-state index contributed by atoms with van der Waals surface area (Å²) in [7, 11) is 0. The number of aliphatic hydroxyl groups is 1. The zero-order valence-electron chi connectivity index (χ0n) is 12.7. The van der Waals surface area contributed by atoms with Crippen LogP contribution in [-0.4, -0.2) is 17.3 Å². The highest BCUT2D eigenvalue weighted by Crippen LogP contribution is 2.39. The van der Waals surface area contributed by atoms with E-state index in [4.69, 9.17) is 4.74 Å². The molecule has 0 aromatic heterocycles. The average molecular weight is 262 g/mol. The number of benzene rings is 1. The molecule has 0 heterocycles. The summed E-state index contributed by atoms with van der Waals surface area (Å²) in [5.41, 5.74) is 2.59. The monoisotopic (exact) mass is 262 g/mol. The Balaban J connectivity index is 2.11. The van der Waals surface area contributed by atoms with Gasteiger partial charge < -0.3 is 9.84 Å². The lowest BCUT2D eigenvalue weighted by atomic mass is 9.89. The van der Waals surface area contributed by atoms with Gasteiger partial charge in [-0.3, -0.25) is 0 Å². The smallest absolute Gasteiger partial charge is 0.125 e. The van der Waals surface area contributed by atoms with Crippen molar-refractivity contribution in [2.75, 3.05) is 0 Å². The fourth-order valence-electron chi connectivity index (χ4n) is 2.99. The van der Waals surface area contributed by atoms with Gasteiger partial charge in [-0.05, 0) is 54.4 Å². The van der Waals surface area contributed by atoms with Crippen LogP contribution < -0.4 is 4.74 Å². The van der Waals surface area contributed by atoms with Gasteiger partial charge in [0.25, 0.3) is 0 Å². The summed E-state index contributed by atoms with van der Waals surface area (Å²) >= 11 is 0. The standard InChI is InChI=1S/C17H26O2/c1-11(2)14-7-6-13(10-12(14)3)19-15-8-9-17(4,5)16(15)18/h6-7,10-11,15-16,18H,8-9H2,1-5H3. The maximum absolute atomic E-state index is 10.3. The number of aliphatic hydroxyl groups excluding tert-OH is 1. The molecule has 0 radical (unpaired) electrons. The van der Waals surface area contributed by atoms with Crippen molar-refractivity contribution in [3.8, 4) is 5.75 Å². The summed E-state index contributed by atoms with van der Waals surface area (Å²) in [6.45, 7) is 10.7. The van der Waals surface area contributed by atoms with Crippen molar-refractivity contribution in [2.24, 2.45) is 5.41 Å². The van der Waals surface area contributed by atoms with Crippen molar-refractivity contribution >= 4 is 0 Å². The van der Waals surface area contributed by atoms with Gasteiger partial charge in [0.05, 0.1) is 6.10 Å². The van der Waals surface area contributed by atoms with E-state index >= 15 is 0 Å². The number of hydrogen-bond donors (Lipinski definition) is 1. The minimum Gasteiger partial charge on any atom is -0.488 e. The van der Waals surface area contributed by atoms with E-state index in [1.165, 1.54) is 11.1 Å². The van der Waals surface area contributed by atoms with Gasteiger partial charge in [-0.25, -0.2) is 0 Å².